The molecule has 0 saturated heterocycles. The number of thiazole rings is 1. The summed E-state index contributed by atoms with van der Waals surface area (Å²) in [5.74, 6) is -0.427. The first-order valence-electron chi connectivity index (χ1n) is 8.54. The topological polar surface area (TPSA) is 88.2 Å². The van der Waals surface area contributed by atoms with Crippen LogP contribution in [0.4, 0.5) is 13.2 Å². The molecule has 1 amide bonds. The van der Waals surface area contributed by atoms with E-state index in [1.807, 2.05) is 24.3 Å². The molecule has 6 nitrogen and oxygen atoms in total. The number of sulfonamides is 1. The maximum atomic E-state index is 12.9. The summed E-state index contributed by atoms with van der Waals surface area (Å²) < 4.78 is 66.3. The molecule has 1 aromatic heterocycles. The van der Waals surface area contributed by atoms with Crippen molar-refractivity contribution in [3.05, 3.63) is 58.1 Å². The molecular weight excluding hydrogens is 463 g/mol. The Morgan fingerprint density at radius 3 is 2.60 bits per heavy atom. The second-order valence-corrected chi connectivity index (χ2v) is 9.43. The number of nitrogens with one attached hydrogen (secondary N) is 2. The van der Waals surface area contributed by atoms with Crippen molar-refractivity contribution in [3.63, 3.8) is 0 Å². The number of rotatable bonds is 7. The van der Waals surface area contributed by atoms with Gasteiger partial charge < -0.3 is 5.32 Å². The van der Waals surface area contributed by atoms with Gasteiger partial charge in [-0.05, 0) is 30.3 Å². The van der Waals surface area contributed by atoms with Gasteiger partial charge in [0.1, 0.15) is 5.01 Å². The lowest BCUT2D eigenvalue weighted by atomic mass is 10.2. The smallest absolute Gasteiger partial charge is 0.350 e. The normalized spacial score (nSPS) is 12.3. The summed E-state index contributed by atoms with van der Waals surface area (Å²) in [4.78, 5) is 15.7. The number of nitrogens with zero attached hydrogens (tertiary/aromatic N) is 1. The van der Waals surface area contributed by atoms with E-state index in [9.17, 15) is 26.4 Å². The van der Waals surface area contributed by atoms with E-state index in [4.69, 9.17) is 11.6 Å². The van der Waals surface area contributed by atoms with Crippen molar-refractivity contribution < 1.29 is 26.4 Å². The third kappa shape index (κ3) is 5.48. The Hall–Kier alpha value is -2.21. The average Bonchev–Trinajstić information content (AvgIpc) is 3.08. The number of carbonyl (C=O) groups is 1. The van der Waals surface area contributed by atoms with Gasteiger partial charge in [0.05, 0.1) is 32.2 Å². The second kappa shape index (κ2) is 8.88. The Bertz CT molecular complexity index is 1150. The van der Waals surface area contributed by atoms with Gasteiger partial charge >= 0.3 is 6.18 Å². The third-order valence-electron chi connectivity index (χ3n) is 3.97. The van der Waals surface area contributed by atoms with E-state index in [0.29, 0.717) is 11.1 Å². The van der Waals surface area contributed by atoms with Crippen molar-refractivity contribution in [1.29, 1.82) is 0 Å². The Labute approximate surface area is 179 Å². The Morgan fingerprint density at radius 1 is 1.17 bits per heavy atom. The fraction of sp³-hybridized carbons (Fsp3) is 0.222. The molecule has 0 atom stereocenters. The van der Waals surface area contributed by atoms with Gasteiger partial charge in [0, 0.05) is 13.0 Å². The lowest BCUT2D eigenvalue weighted by molar-refractivity contribution is -0.137. The van der Waals surface area contributed by atoms with Gasteiger partial charge in [0.2, 0.25) is 15.9 Å². The van der Waals surface area contributed by atoms with Crippen molar-refractivity contribution in [2.75, 3.05) is 6.54 Å². The molecule has 12 heteroatoms. The van der Waals surface area contributed by atoms with Crippen molar-refractivity contribution in [3.8, 4) is 0 Å². The molecule has 0 aliphatic rings. The van der Waals surface area contributed by atoms with E-state index in [-0.39, 0.29) is 19.5 Å². The number of fused-ring (bicyclic) bond motifs is 1. The lowest BCUT2D eigenvalue weighted by Gasteiger charge is -2.12. The van der Waals surface area contributed by atoms with Crippen LogP contribution in [0.5, 0.6) is 0 Å². The highest BCUT2D eigenvalue weighted by molar-refractivity contribution is 7.89. The zero-order valence-corrected chi connectivity index (χ0v) is 17.6. The van der Waals surface area contributed by atoms with Crippen LogP contribution in [0.3, 0.4) is 0 Å². The van der Waals surface area contributed by atoms with Crippen LogP contribution in [-0.4, -0.2) is 25.9 Å². The largest absolute Gasteiger partial charge is 0.417 e. The van der Waals surface area contributed by atoms with Crippen molar-refractivity contribution in [2.45, 2.75) is 24.0 Å². The molecule has 3 rings (SSSR count). The van der Waals surface area contributed by atoms with Gasteiger partial charge in [-0.25, -0.2) is 18.1 Å². The Balaban J connectivity index is 1.54. The second-order valence-electron chi connectivity index (χ2n) is 6.14. The number of para-hydroxylation sites is 1. The summed E-state index contributed by atoms with van der Waals surface area (Å²) in [5.41, 5.74) is -0.429. The first-order chi connectivity index (χ1) is 14.1. The number of benzene rings is 2. The minimum absolute atomic E-state index is 0.191. The Kier molecular flexibility index (Phi) is 6.65. The third-order valence-corrected chi connectivity index (χ3v) is 6.80. The number of halogens is 4. The first kappa shape index (κ1) is 22.5. The average molecular weight is 478 g/mol. The van der Waals surface area contributed by atoms with Crippen molar-refractivity contribution in [2.24, 2.45) is 0 Å². The number of hydrogen-bond acceptors (Lipinski definition) is 5. The number of aromatic nitrogens is 1. The predicted molar refractivity (Wildman–Crippen MR) is 108 cm³/mol. The van der Waals surface area contributed by atoms with Gasteiger partial charge in [-0.2, -0.15) is 13.2 Å². The summed E-state index contributed by atoms with van der Waals surface area (Å²) in [6.45, 7) is -0.0882. The summed E-state index contributed by atoms with van der Waals surface area (Å²) in [6.07, 6.45) is -4.98. The van der Waals surface area contributed by atoms with Crippen LogP contribution in [0.15, 0.2) is 47.4 Å². The molecular formula is C18H15ClF3N3O3S2. The highest BCUT2D eigenvalue weighted by Crippen LogP contribution is 2.35. The molecule has 0 aliphatic carbocycles. The molecule has 0 bridgehead atoms. The summed E-state index contributed by atoms with van der Waals surface area (Å²) in [5, 5.41) is 2.73. The van der Waals surface area contributed by atoms with E-state index in [1.165, 1.54) is 11.3 Å². The molecule has 0 spiro atoms. The van der Waals surface area contributed by atoms with Crippen molar-refractivity contribution >= 4 is 49.1 Å². The van der Waals surface area contributed by atoms with Crippen LogP contribution in [0.1, 0.15) is 17.0 Å². The van der Waals surface area contributed by atoms with Crippen LogP contribution in [0.2, 0.25) is 5.02 Å². The zero-order valence-electron chi connectivity index (χ0n) is 15.2. The molecule has 0 radical (unpaired) electrons. The first-order valence-corrected chi connectivity index (χ1v) is 11.2. The lowest BCUT2D eigenvalue weighted by Crippen LogP contribution is -2.30. The highest BCUT2D eigenvalue weighted by Gasteiger charge is 2.34. The molecule has 160 valence electrons. The number of carbonyl (C=O) groups excluding carboxylic acids is 1. The maximum absolute atomic E-state index is 12.9. The molecule has 0 saturated carbocycles. The minimum Gasteiger partial charge on any atom is -0.350 e. The molecule has 2 aromatic carbocycles. The van der Waals surface area contributed by atoms with Crippen LogP contribution >= 0.6 is 22.9 Å². The minimum atomic E-state index is -4.79. The predicted octanol–water partition coefficient (Wildman–Crippen LogP) is 3.95. The van der Waals surface area contributed by atoms with Crippen LogP contribution < -0.4 is 10.0 Å². The van der Waals surface area contributed by atoms with E-state index < -0.39 is 37.6 Å². The molecule has 3 aromatic rings. The molecule has 0 unspecified atom stereocenters. The zero-order chi connectivity index (χ0) is 21.9. The summed E-state index contributed by atoms with van der Waals surface area (Å²) >= 11 is 6.92. The molecule has 0 fully saturated rings. The van der Waals surface area contributed by atoms with E-state index in [0.717, 1.165) is 22.3 Å². The molecule has 0 aliphatic heterocycles. The number of alkyl halides is 3. The van der Waals surface area contributed by atoms with Gasteiger partial charge in [0.25, 0.3) is 0 Å². The Morgan fingerprint density at radius 2 is 1.90 bits per heavy atom. The summed E-state index contributed by atoms with van der Waals surface area (Å²) in [7, 11) is -4.24. The van der Waals surface area contributed by atoms with Gasteiger partial charge in [-0.15, -0.1) is 11.3 Å². The monoisotopic (exact) mass is 477 g/mol. The molecule has 30 heavy (non-hydrogen) atoms. The van der Waals surface area contributed by atoms with Crippen molar-refractivity contribution in [1.82, 2.24) is 15.0 Å². The van der Waals surface area contributed by atoms with E-state index >= 15 is 0 Å². The van der Waals surface area contributed by atoms with Crippen LogP contribution in [-0.2, 0) is 27.5 Å². The molecule has 1 heterocycles. The SMILES string of the molecule is O=C(CCNS(=O)(=O)c1ccc(Cl)c(C(F)(F)F)c1)NCc1nc2ccccc2s1. The molecule has 2 N–H and O–H groups in total. The number of hydrogen-bond donors (Lipinski definition) is 2. The number of amides is 1. The van der Waals surface area contributed by atoms with Gasteiger partial charge in [-0.3, -0.25) is 4.79 Å². The highest BCUT2D eigenvalue weighted by atomic mass is 35.5. The summed E-state index contributed by atoms with van der Waals surface area (Å²) in [6, 6.07) is 9.79. The fourth-order valence-electron chi connectivity index (χ4n) is 2.53. The fourth-order valence-corrected chi connectivity index (χ4v) is 4.72. The van der Waals surface area contributed by atoms with Crippen LogP contribution in [0, 0.1) is 0 Å². The van der Waals surface area contributed by atoms with Gasteiger partial charge in [-0.1, -0.05) is 23.7 Å². The standard InChI is InChI=1S/C18H15ClF3N3O3S2/c19-13-6-5-11(9-12(13)18(20,21)22)30(27,28)24-8-7-16(26)23-10-17-25-14-3-1-2-4-15(14)29-17/h1-6,9,24H,7-8,10H2,(H,23,26). The van der Waals surface area contributed by atoms with E-state index in [1.54, 1.807) is 0 Å². The quantitative estimate of drug-likeness (QED) is 0.539. The van der Waals surface area contributed by atoms with E-state index in [2.05, 4.69) is 15.0 Å². The maximum Gasteiger partial charge on any atom is 0.417 e. The van der Waals surface area contributed by atoms with Crippen LogP contribution in [0.25, 0.3) is 10.2 Å². The van der Waals surface area contributed by atoms with Gasteiger partial charge in [0.15, 0.2) is 0 Å².